The molecule has 7 nitrogen and oxygen atoms in total. The van der Waals surface area contributed by atoms with E-state index in [4.69, 9.17) is 5.73 Å². The van der Waals surface area contributed by atoms with E-state index in [0.717, 1.165) is 24.2 Å². The van der Waals surface area contributed by atoms with Gasteiger partial charge in [-0.15, -0.1) is 5.10 Å². The molecule has 2 heterocycles. The van der Waals surface area contributed by atoms with Gasteiger partial charge in [-0.05, 0) is 32.8 Å². The summed E-state index contributed by atoms with van der Waals surface area (Å²) < 4.78 is 1.57. The van der Waals surface area contributed by atoms with Gasteiger partial charge in [-0.2, -0.15) is 4.98 Å². The lowest BCUT2D eigenvalue weighted by atomic mass is 9.93. The van der Waals surface area contributed by atoms with Crippen molar-refractivity contribution in [3.63, 3.8) is 0 Å². The predicted octanol–water partition coefficient (Wildman–Crippen LogP) is 0.988. The zero-order valence-electron chi connectivity index (χ0n) is 13.0. The van der Waals surface area contributed by atoms with Crippen LogP contribution in [0.5, 0.6) is 0 Å². The highest BCUT2D eigenvalue weighted by atomic mass is 16.2. The van der Waals surface area contributed by atoms with E-state index in [9.17, 15) is 4.79 Å². The second kappa shape index (κ2) is 5.77. The highest BCUT2D eigenvalue weighted by Gasteiger charge is 2.28. The molecule has 0 bridgehead atoms. The second-order valence-corrected chi connectivity index (χ2v) is 5.33. The van der Waals surface area contributed by atoms with Crippen molar-refractivity contribution < 1.29 is 4.79 Å². The predicted molar refractivity (Wildman–Crippen MR) is 80.1 cm³/mol. The molecule has 0 aliphatic carbocycles. The van der Waals surface area contributed by atoms with Crippen LogP contribution in [0.25, 0.3) is 5.78 Å². The van der Waals surface area contributed by atoms with Gasteiger partial charge < -0.3 is 11.1 Å². The van der Waals surface area contributed by atoms with Crippen LogP contribution in [0.3, 0.4) is 0 Å². The minimum absolute atomic E-state index is 0.121. The van der Waals surface area contributed by atoms with Crippen molar-refractivity contribution in [2.45, 2.75) is 46.1 Å². The van der Waals surface area contributed by atoms with Gasteiger partial charge >= 0.3 is 0 Å². The van der Waals surface area contributed by atoms with Crippen molar-refractivity contribution in [2.75, 3.05) is 6.54 Å². The molecule has 0 saturated carbocycles. The van der Waals surface area contributed by atoms with Crippen LogP contribution in [0.15, 0.2) is 6.07 Å². The van der Waals surface area contributed by atoms with Crippen LogP contribution in [-0.2, 0) is 0 Å². The number of amides is 1. The smallest absolute Gasteiger partial charge is 0.291 e. The minimum Gasteiger partial charge on any atom is -0.343 e. The first-order valence-electron chi connectivity index (χ1n) is 7.18. The number of hydrogen-bond acceptors (Lipinski definition) is 5. The lowest BCUT2D eigenvalue weighted by Gasteiger charge is -2.30. The Morgan fingerprint density at radius 2 is 2.00 bits per heavy atom. The fourth-order valence-corrected chi connectivity index (χ4v) is 2.33. The van der Waals surface area contributed by atoms with Crippen molar-refractivity contribution in [2.24, 2.45) is 5.73 Å². The molecule has 114 valence electrons. The van der Waals surface area contributed by atoms with Crippen LogP contribution in [0.2, 0.25) is 0 Å². The Morgan fingerprint density at radius 3 is 2.57 bits per heavy atom. The zero-order chi connectivity index (χ0) is 15.6. The van der Waals surface area contributed by atoms with Crippen molar-refractivity contribution in [3.8, 4) is 0 Å². The summed E-state index contributed by atoms with van der Waals surface area (Å²) in [4.78, 5) is 20.9. The largest absolute Gasteiger partial charge is 0.343 e. The molecule has 0 aliphatic heterocycles. The van der Waals surface area contributed by atoms with Crippen LogP contribution in [0.4, 0.5) is 0 Å². The van der Waals surface area contributed by atoms with Crippen LogP contribution < -0.4 is 11.1 Å². The monoisotopic (exact) mass is 290 g/mol. The molecule has 0 aliphatic rings. The summed E-state index contributed by atoms with van der Waals surface area (Å²) >= 11 is 0. The number of carbonyl (C=O) groups excluding carboxylic acids is 1. The standard InChI is InChI=1S/C14H22N6O/c1-5-14(6-2,8-15)18-12(21)11-17-13-16-9(3)7-10(4)20(13)19-11/h7H,5-6,8,15H2,1-4H3,(H,18,21). The summed E-state index contributed by atoms with van der Waals surface area (Å²) in [5, 5.41) is 7.19. The molecule has 0 aromatic carbocycles. The summed E-state index contributed by atoms with van der Waals surface area (Å²) in [5.41, 5.74) is 7.13. The van der Waals surface area contributed by atoms with Gasteiger partial charge in [0, 0.05) is 17.9 Å². The number of aryl methyl sites for hydroxylation is 2. The highest BCUT2D eigenvalue weighted by molar-refractivity contribution is 5.91. The van der Waals surface area contributed by atoms with Gasteiger partial charge in [0.2, 0.25) is 5.82 Å². The molecule has 3 N–H and O–H groups in total. The fourth-order valence-electron chi connectivity index (χ4n) is 2.33. The van der Waals surface area contributed by atoms with E-state index >= 15 is 0 Å². The fraction of sp³-hybridized carbons (Fsp3) is 0.571. The molecule has 2 aromatic rings. The third kappa shape index (κ3) is 2.87. The van der Waals surface area contributed by atoms with Crippen LogP contribution in [0, 0.1) is 13.8 Å². The summed E-state index contributed by atoms with van der Waals surface area (Å²) in [6, 6.07) is 1.89. The molecule has 21 heavy (non-hydrogen) atoms. The maximum absolute atomic E-state index is 12.4. The Morgan fingerprint density at radius 1 is 1.33 bits per heavy atom. The van der Waals surface area contributed by atoms with E-state index in [2.05, 4.69) is 20.4 Å². The molecular formula is C14H22N6O. The van der Waals surface area contributed by atoms with E-state index in [-0.39, 0.29) is 11.7 Å². The van der Waals surface area contributed by atoms with Crippen molar-refractivity contribution in [1.29, 1.82) is 0 Å². The molecule has 7 heteroatoms. The quantitative estimate of drug-likeness (QED) is 0.855. The third-order valence-corrected chi connectivity index (χ3v) is 3.94. The van der Waals surface area contributed by atoms with Crippen molar-refractivity contribution >= 4 is 11.7 Å². The first kappa shape index (κ1) is 15.4. The van der Waals surface area contributed by atoms with Crippen LogP contribution in [-0.4, -0.2) is 37.6 Å². The Hall–Kier alpha value is -2.02. The molecule has 2 rings (SSSR count). The van der Waals surface area contributed by atoms with E-state index < -0.39 is 5.54 Å². The SMILES string of the molecule is CCC(CC)(CN)NC(=O)c1nc2nc(C)cc(C)n2n1. The van der Waals surface area contributed by atoms with Crippen molar-refractivity contribution in [3.05, 3.63) is 23.3 Å². The molecule has 0 unspecified atom stereocenters. The Labute approximate surface area is 124 Å². The molecule has 1 amide bonds. The molecule has 0 spiro atoms. The number of hydrogen-bond donors (Lipinski definition) is 2. The molecule has 0 atom stereocenters. The summed E-state index contributed by atoms with van der Waals surface area (Å²) in [6.07, 6.45) is 1.52. The minimum atomic E-state index is -0.410. The van der Waals surface area contributed by atoms with Crippen LogP contribution >= 0.6 is 0 Å². The van der Waals surface area contributed by atoms with Gasteiger partial charge in [0.25, 0.3) is 11.7 Å². The average Bonchev–Trinajstić information content (AvgIpc) is 2.89. The van der Waals surface area contributed by atoms with Crippen LogP contribution in [0.1, 0.15) is 48.7 Å². The maximum atomic E-state index is 12.4. The average molecular weight is 290 g/mol. The lowest BCUT2D eigenvalue weighted by Crippen LogP contribution is -2.53. The van der Waals surface area contributed by atoms with Gasteiger partial charge in [-0.25, -0.2) is 9.50 Å². The number of carbonyl (C=O) groups is 1. The Bertz CT molecular complexity index is 651. The van der Waals surface area contributed by atoms with Gasteiger partial charge in [0.1, 0.15) is 0 Å². The first-order valence-corrected chi connectivity index (χ1v) is 7.18. The third-order valence-electron chi connectivity index (χ3n) is 3.94. The summed E-state index contributed by atoms with van der Waals surface area (Å²) in [7, 11) is 0. The number of nitrogens with one attached hydrogen (secondary N) is 1. The molecule has 0 saturated heterocycles. The number of fused-ring (bicyclic) bond motifs is 1. The van der Waals surface area contributed by atoms with E-state index in [0.29, 0.717) is 12.3 Å². The first-order chi connectivity index (χ1) is 9.94. The molecular weight excluding hydrogens is 268 g/mol. The molecule has 0 fully saturated rings. The van der Waals surface area contributed by atoms with Crippen molar-refractivity contribution in [1.82, 2.24) is 24.9 Å². The summed E-state index contributed by atoms with van der Waals surface area (Å²) in [5.74, 6) is 0.242. The summed E-state index contributed by atoms with van der Waals surface area (Å²) in [6.45, 7) is 8.18. The maximum Gasteiger partial charge on any atom is 0.291 e. The number of aromatic nitrogens is 4. The number of rotatable bonds is 5. The Balaban J connectivity index is 2.34. The number of nitrogens with zero attached hydrogens (tertiary/aromatic N) is 4. The lowest BCUT2D eigenvalue weighted by molar-refractivity contribution is 0.0884. The van der Waals surface area contributed by atoms with Gasteiger partial charge in [0.05, 0.1) is 5.54 Å². The zero-order valence-corrected chi connectivity index (χ0v) is 13.0. The topological polar surface area (TPSA) is 98.2 Å². The number of nitrogens with two attached hydrogens (primary N) is 1. The van der Waals surface area contributed by atoms with E-state index in [1.54, 1.807) is 4.52 Å². The normalized spacial score (nSPS) is 11.9. The highest BCUT2D eigenvalue weighted by Crippen LogP contribution is 2.14. The Kier molecular flexibility index (Phi) is 4.22. The van der Waals surface area contributed by atoms with Gasteiger partial charge in [-0.3, -0.25) is 4.79 Å². The van der Waals surface area contributed by atoms with E-state index in [1.807, 2.05) is 33.8 Å². The molecule has 2 aromatic heterocycles. The van der Waals surface area contributed by atoms with Gasteiger partial charge in [0.15, 0.2) is 0 Å². The molecule has 0 radical (unpaired) electrons. The van der Waals surface area contributed by atoms with E-state index in [1.165, 1.54) is 0 Å². The second-order valence-electron chi connectivity index (χ2n) is 5.33. The van der Waals surface area contributed by atoms with Gasteiger partial charge in [-0.1, -0.05) is 13.8 Å².